The molecular weight excluding hydrogens is 258 g/mol. The number of nitrogens with one attached hydrogen (secondary N) is 1. The van der Waals surface area contributed by atoms with Gasteiger partial charge < -0.3 is 14.6 Å². The van der Waals surface area contributed by atoms with E-state index in [1.165, 1.54) is 30.8 Å². The van der Waals surface area contributed by atoms with Crippen LogP contribution in [0, 0.1) is 0 Å². The fourth-order valence-corrected chi connectivity index (χ4v) is 4.35. The van der Waals surface area contributed by atoms with Gasteiger partial charge in [-0.1, -0.05) is 0 Å². The van der Waals surface area contributed by atoms with E-state index in [1.54, 1.807) is 0 Å². The minimum absolute atomic E-state index is 0.191. The molecule has 4 nitrogen and oxygen atoms in total. The van der Waals surface area contributed by atoms with Crippen LogP contribution in [0.3, 0.4) is 0 Å². The first-order chi connectivity index (χ1) is 9.36. The van der Waals surface area contributed by atoms with Crippen LogP contribution in [-0.2, 0) is 11.3 Å². The highest BCUT2D eigenvalue weighted by Gasteiger charge is 2.38. The lowest BCUT2D eigenvalue weighted by molar-refractivity contribution is -0.0931. The molecule has 3 rings (SSSR count). The van der Waals surface area contributed by atoms with Crippen molar-refractivity contribution < 1.29 is 4.74 Å². The second-order valence-electron chi connectivity index (χ2n) is 5.59. The molecular formula is C14H23N3OS. The highest BCUT2D eigenvalue weighted by Crippen LogP contribution is 2.37. The predicted octanol–water partition coefficient (Wildman–Crippen LogP) is 1.92. The molecule has 2 saturated heterocycles. The molecule has 0 aliphatic carbocycles. The van der Waals surface area contributed by atoms with Gasteiger partial charge in [0.05, 0.1) is 11.9 Å². The summed E-state index contributed by atoms with van der Waals surface area (Å²) < 4.78 is 8.24. The number of hydrogen-bond acceptors (Lipinski definition) is 4. The minimum atomic E-state index is 0.191. The third-order valence-corrected chi connectivity index (χ3v) is 5.24. The average Bonchev–Trinajstić information content (AvgIpc) is 2.93. The Kier molecular flexibility index (Phi) is 4.45. The Balaban J connectivity index is 1.45. The number of rotatable bonds is 4. The molecule has 5 heteroatoms. The third kappa shape index (κ3) is 3.52. The van der Waals surface area contributed by atoms with E-state index < -0.39 is 0 Å². The molecule has 2 aliphatic heterocycles. The van der Waals surface area contributed by atoms with Gasteiger partial charge in [-0.05, 0) is 37.2 Å². The van der Waals surface area contributed by atoms with Crippen LogP contribution >= 0.6 is 11.8 Å². The van der Waals surface area contributed by atoms with E-state index in [0.717, 1.165) is 26.1 Å². The van der Waals surface area contributed by atoms with Crippen LogP contribution in [0.2, 0.25) is 0 Å². The lowest BCUT2D eigenvalue weighted by atomic mass is 9.85. The van der Waals surface area contributed by atoms with Crippen molar-refractivity contribution in [3.8, 4) is 0 Å². The lowest BCUT2D eigenvalue weighted by Crippen LogP contribution is -2.49. The first-order valence-corrected chi connectivity index (χ1v) is 8.43. The summed E-state index contributed by atoms with van der Waals surface area (Å²) in [6.07, 6.45) is 10.5. The Morgan fingerprint density at radius 2 is 2.32 bits per heavy atom. The molecule has 0 saturated carbocycles. The van der Waals surface area contributed by atoms with E-state index in [2.05, 4.69) is 26.6 Å². The first kappa shape index (κ1) is 13.5. The van der Waals surface area contributed by atoms with Crippen molar-refractivity contribution in [2.45, 2.75) is 43.9 Å². The van der Waals surface area contributed by atoms with Gasteiger partial charge in [0, 0.05) is 38.1 Å². The van der Waals surface area contributed by atoms with Crippen LogP contribution in [0.5, 0.6) is 0 Å². The van der Waals surface area contributed by atoms with Crippen molar-refractivity contribution in [3.05, 3.63) is 18.7 Å². The number of thioether (sulfide) groups is 1. The quantitative estimate of drug-likeness (QED) is 0.915. The Labute approximate surface area is 119 Å². The third-order valence-electron chi connectivity index (χ3n) is 4.26. The molecule has 0 amide bonds. The molecule has 0 aromatic carbocycles. The van der Waals surface area contributed by atoms with E-state index >= 15 is 0 Å². The molecule has 1 unspecified atom stereocenters. The minimum Gasteiger partial charge on any atom is -0.375 e. The summed E-state index contributed by atoms with van der Waals surface area (Å²) >= 11 is 2.07. The van der Waals surface area contributed by atoms with Gasteiger partial charge >= 0.3 is 0 Å². The molecule has 1 N–H and O–H groups in total. The van der Waals surface area contributed by atoms with E-state index in [9.17, 15) is 0 Å². The number of hydrogen-bond donors (Lipinski definition) is 1. The van der Waals surface area contributed by atoms with Crippen molar-refractivity contribution in [2.75, 3.05) is 24.7 Å². The summed E-state index contributed by atoms with van der Waals surface area (Å²) in [4.78, 5) is 4.07. The number of ether oxygens (including phenoxy) is 1. The van der Waals surface area contributed by atoms with E-state index in [4.69, 9.17) is 4.74 Å². The topological polar surface area (TPSA) is 39.1 Å². The Bertz CT molecular complexity index is 371. The molecule has 19 heavy (non-hydrogen) atoms. The largest absolute Gasteiger partial charge is 0.375 e. The summed E-state index contributed by atoms with van der Waals surface area (Å²) in [5.74, 6) is 2.53. The summed E-state index contributed by atoms with van der Waals surface area (Å²) in [5, 5.41) is 3.70. The lowest BCUT2D eigenvalue weighted by Gasteiger charge is -2.43. The standard InChI is InChI=1S/C14H23N3OS/c1-8-18-14(2-9-19-10-3-14)11-13(1)16-5-7-17-6-4-15-12-17/h4,6,12-13,16H,1-3,5,7-11H2. The second-order valence-corrected chi connectivity index (χ2v) is 6.81. The predicted molar refractivity (Wildman–Crippen MR) is 78.5 cm³/mol. The monoisotopic (exact) mass is 281 g/mol. The van der Waals surface area contributed by atoms with Gasteiger partial charge in [0.1, 0.15) is 0 Å². The van der Waals surface area contributed by atoms with Gasteiger partial charge in [-0.2, -0.15) is 11.8 Å². The maximum atomic E-state index is 6.12. The van der Waals surface area contributed by atoms with E-state index in [0.29, 0.717) is 6.04 Å². The van der Waals surface area contributed by atoms with E-state index in [1.807, 2.05) is 18.7 Å². The van der Waals surface area contributed by atoms with Gasteiger partial charge in [0.25, 0.3) is 0 Å². The van der Waals surface area contributed by atoms with Crippen molar-refractivity contribution in [2.24, 2.45) is 0 Å². The van der Waals surface area contributed by atoms with Crippen LogP contribution in [0.1, 0.15) is 25.7 Å². The van der Waals surface area contributed by atoms with Gasteiger partial charge in [0.2, 0.25) is 0 Å². The normalized spacial score (nSPS) is 26.6. The Hall–Kier alpha value is -0.520. The van der Waals surface area contributed by atoms with Crippen molar-refractivity contribution in [1.82, 2.24) is 14.9 Å². The summed E-state index contributed by atoms with van der Waals surface area (Å²) in [5.41, 5.74) is 0.191. The fraction of sp³-hybridized carbons (Fsp3) is 0.786. The van der Waals surface area contributed by atoms with Crippen molar-refractivity contribution in [3.63, 3.8) is 0 Å². The molecule has 3 heterocycles. The van der Waals surface area contributed by atoms with Crippen LogP contribution < -0.4 is 5.32 Å². The van der Waals surface area contributed by atoms with E-state index in [-0.39, 0.29) is 5.60 Å². The number of imidazole rings is 1. The molecule has 0 radical (unpaired) electrons. The molecule has 1 atom stereocenters. The van der Waals surface area contributed by atoms with Gasteiger partial charge in [0.15, 0.2) is 0 Å². The van der Waals surface area contributed by atoms with Crippen molar-refractivity contribution in [1.29, 1.82) is 0 Å². The van der Waals surface area contributed by atoms with Crippen LogP contribution in [0.25, 0.3) is 0 Å². The summed E-state index contributed by atoms with van der Waals surface area (Å²) in [6.45, 7) is 2.94. The molecule has 1 aromatic rings. The Morgan fingerprint density at radius 1 is 1.42 bits per heavy atom. The maximum Gasteiger partial charge on any atom is 0.0946 e. The highest BCUT2D eigenvalue weighted by molar-refractivity contribution is 7.99. The molecule has 0 bridgehead atoms. The zero-order valence-corrected chi connectivity index (χ0v) is 12.2. The fourth-order valence-electron chi connectivity index (χ4n) is 3.11. The van der Waals surface area contributed by atoms with Crippen molar-refractivity contribution >= 4 is 11.8 Å². The maximum absolute atomic E-state index is 6.12. The second kappa shape index (κ2) is 6.29. The summed E-state index contributed by atoms with van der Waals surface area (Å²) in [6, 6.07) is 0.625. The van der Waals surface area contributed by atoms with Gasteiger partial charge in [-0.15, -0.1) is 0 Å². The zero-order valence-electron chi connectivity index (χ0n) is 11.4. The number of nitrogens with zero attached hydrogens (tertiary/aromatic N) is 2. The van der Waals surface area contributed by atoms with Crippen LogP contribution in [0.15, 0.2) is 18.7 Å². The molecule has 2 aliphatic rings. The SMILES string of the molecule is c1cn(CCNC2CCOC3(CCSCC3)C2)cn1. The average molecular weight is 281 g/mol. The first-order valence-electron chi connectivity index (χ1n) is 7.27. The number of aromatic nitrogens is 2. The van der Waals surface area contributed by atoms with Gasteiger partial charge in [-0.25, -0.2) is 4.98 Å². The molecule has 1 aromatic heterocycles. The Morgan fingerprint density at radius 3 is 3.11 bits per heavy atom. The smallest absolute Gasteiger partial charge is 0.0946 e. The molecule has 2 fully saturated rings. The summed E-state index contributed by atoms with van der Waals surface area (Å²) in [7, 11) is 0. The van der Waals surface area contributed by atoms with Crippen LogP contribution in [-0.4, -0.2) is 45.9 Å². The van der Waals surface area contributed by atoms with Crippen LogP contribution in [0.4, 0.5) is 0 Å². The highest BCUT2D eigenvalue weighted by atomic mass is 32.2. The molecule has 106 valence electrons. The van der Waals surface area contributed by atoms with Gasteiger partial charge in [-0.3, -0.25) is 0 Å². The zero-order chi connectivity index (χ0) is 13.0. The molecule has 1 spiro atoms.